The summed E-state index contributed by atoms with van der Waals surface area (Å²) < 4.78 is 0. The first kappa shape index (κ1) is 13.0. The van der Waals surface area contributed by atoms with Gasteiger partial charge >= 0.3 is 0 Å². The quantitative estimate of drug-likeness (QED) is 0.748. The van der Waals surface area contributed by atoms with Crippen molar-refractivity contribution in [2.24, 2.45) is 23.7 Å². The number of nitrogens with one attached hydrogen (secondary N) is 1. The van der Waals surface area contributed by atoms with Gasteiger partial charge in [0.05, 0.1) is 0 Å². The molecule has 0 radical (unpaired) electrons. The number of hydrogen-bond acceptors (Lipinski definition) is 1. The van der Waals surface area contributed by atoms with Gasteiger partial charge in [-0.2, -0.15) is 0 Å². The fourth-order valence-electron chi connectivity index (χ4n) is 3.50. The predicted molar refractivity (Wildman–Crippen MR) is 68.0 cm³/mol. The highest BCUT2D eigenvalue weighted by molar-refractivity contribution is 4.87. The summed E-state index contributed by atoms with van der Waals surface area (Å²) >= 11 is 0. The minimum absolute atomic E-state index is 0.720. The molecule has 0 heterocycles. The maximum absolute atomic E-state index is 3.56. The van der Waals surface area contributed by atoms with E-state index in [0.717, 1.165) is 29.7 Å². The van der Waals surface area contributed by atoms with Gasteiger partial charge in [0.15, 0.2) is 0 Å². The van der Waals surface area contributed by atoms with Crippen LogP contribution in [0.2, 0.25) is 0 Å². The highest BCUT2D eigenvalue weighted by Crippen LogP contribution is 2.38. The van der Waals surface area contributed by atoms with Crippen molar-refractivity contribution in [2.75, 3.05) is 7.05 Å². The van der Waals surface area contributed by atoms with Crippen molar-refractivity contribution in [1.29, 1.82) is 0 Å². The molecule has 0 aromatic heterocycles. The molecule has 3 atom stereocenters. The molecule has 0 bridgehead atoms. The average Bonchev–Trinajstić information content (AvgIpc) is 2.18. The molecule has 1 heteroatoms. The van der Waals surface area contributed by atoms with Crippen molar-refractivity contribution < 1.29 is 0 Å². The number of rotatable bonds is 4. The van der Waals surface area contributed by atoms with Gasteiger partial charge in [0.25, 0.3) is 0 Å². The lowest BCUT2D eigenvalue weighted by atomic mass is 9.68. The molecule has 1 saturated carbocycles. The van der Waals surface area contributed by atoms with Crippen LogP contribution < -0.4 is 5.32 Å². The standard InChI is InChI=1S/C14H29N/c1-10(2)12-8-6-7-9-13(12)14(15-5)11(3)4/h10-15H,6-9H2,1-5H3. The predicted octanol–water partition coefficient (Wildman–Crippen LogP) is 3.69. The molecule has 0 aromatic carbocycles. The molecule has 3 unspecified atom stereocenters. The lowest BCUT2D eigenvalue weighted by Crippen LogP contribution is -2.44. The third-order valence-electron chi connectivity index (χ3n) is 4.24. The van der Waals surface area contributed by atoms with E-state index in [4.69, 9.17) is 0 Å². The first-order chi connectivity index (χ1) is 7.07. The topological polar surface area (TPSA) is 12.0 Å². The summed E-state index contributed by atoms with van der Waals surface area (Å²) in [5.41, 5.74) is 0. The molecule has 0 spiro atoms. The average molecular weight is 211 g/mol. The van der Waals surface area contributed by atoms with E-state index in [1.807, 2.05) is 0 Å². The highest BCUT2D eigenvalue weighted by Gasteiger charge is 2.33. The van der Waals surface area contributed by atoms with Crippen LogP contribution in [0.1, 0.15) is 53.4 Å². The third-order valence-corrected chi connectivity index (χ3v) is 4.24. The van der Waals surface area contributed by atoms with Crippen molar-refractivity contribution in [3.63, 3.8) is 0 Å². The SMILES string of the molecule is CNC(C(C)C)C1CCCCC1C(C)C. The maximum Gasteiger partial charge on any atom is 0.0118 e. The Morgan fingerprint density at radius 2 is 1.47 bits per heavy atom. The summed E-state index contributed by atoms with van der Waals surface area (Å²) in [5.74, 6) is 3.46. The van der Waals surface area contributed by atoms with E-state index in [1.54, 1.807) is 0 Å². The van der Waals surface area contributed by atoms with Gasteiger partial charge in [0, 0.05) is 6.04 Å². The molecular formula is C14H29N. The monoisotopic (exact) mass is 211 g/mol. The van der Waals surface area contributed by atoms with Gasteiger partial charge < -0.3 is 5.32 Å². The Balaban J connectivity index is 2.69. The fourth-order valence-corrected chi connectivity index (χ4v) is 3.50. The van der Waals surface area contributed by atoms with Gasteiger partial charge in [-0.1, -0.05) is 40.5 Å². The van der Waals surface area contributed by atoms with Crippen molar-refractivity contribution in [1.82, 2.24) is 5.32 Å². The van der Waals surface area contributed by atoms with Crippen LogP contribution in [-0.4, -0.2) is 13.1 Å². The minimum atomic E-state index is 0.720. The normalized spacial score (nSPS) is 29.8. The van der Waals surface area contributed by atoms with Crippen molar-refractivity contribution in [2.45, 2.75) is 59.4 Å². The summed E-state index contributed by atoms with van der Waals surface area (Å²) in [6.45, 7) is 9.51. The molecule has 1 rings (SSSR count). The highest BCUT2D eigenvalue weighted by atomic mass is 14.9. The lowest BCUT2D eigenvalue weighted by Gasteiger charge is -2.41. The van der Waals surface area contributed by atoms with Gasteiger partial charge in [0.1, 0.15) is 0 Å². The zero-order valence-electron chi connectivity index (χ0n) is 11.2. The smallest absolute Gasteiger partial charge is 0.0118 e. The van der Waals surface area contributed by atoms with E-state index < -0.39 is 0 Å². The molecule has 15 heavy (non-hydrogen) atoms. The summed E-state index contributed by atoms with van der Waals surface area (Å²) in [4.78, 5) is 0. The second kappa shape index (κ2) is 5.89. The molecular weight excluding hydrogens is 182 g/mol. The van der Waals surface area contributed by atoms with Crippen molar-refractivity contribution >= 4 is 0 Å². The van der Waals surface area contributed by atoms with Crippen LogP contribution in [0.15, 0.2) is 0 Å². The van der Waals surface area contributed by atoms with Gasteiger partial charge in [-0.05, 0) is 43.6 Å². The Hall–Kier alpha value is -0.0400. The molecule has 1 aliphatic rings. The first-order valence-corrected chi connectivity index (χ1v) is 6.75. The zero-order chi connectivity index (χ0) is 11.4. The van der Waals surface area contributed by atoms with Crippen LogP contribution in [0.3, 0.4) is 0 Å². The Morgan fingerprint density at radius 1 is 0.933 bits per heavy atom. The molecule has 0 aliphatic heterocycles. The zero-order valence-corrected chi connectivity index (χ0v) is 11.2. The first-order valence-electron chi connectivity index (χ1n) is 6.75. The van der Waals surface area contributed by atoms with E-state index in [1.165, 1.54) is 25.7 Å². The van der Waals surface area contributed by atoms with E-state index in [2.05, 4.69) is 40.1 Å². The Morgan fingerprint density at radius 3 is 1.87 bits per heavy atom. The molecule has 0 amide bonds. The van der Waals surface area contributed by atoms with Gasteiger partial charge in [-0.25, -0.2) is 0 Å². The molecule has 1 fully saturated rings. The van der Waals surface area contributed by atoms with Gasteiger partial charge in [-0.15, -0.1) is 0 Å². The molecule has 1 nitrogen and oxygen atoms in total. The largest absolute Gasteiger partial charge is 0.316 e. The second-order valence-electron chi connectivity index (χ2n) is 5.91. The van der Waals surface area contributed by atoms with E-state index in [0.29, 0.717) is 0 Å². The lowest BCUT2D eigenvalue weighted by molar-refractivity contribution is 0.120. The molecule has 0 aromatic rings. The van der Waals surface area contributed by atoms with Gasteiger partial charge in [-0.3, -0.25) is 0 Å². The molecule has 1 N–H and O–H groups in total. The van der Waals surface area contributed by atoms with E-state index in [9.17, 15) is 0 Å². The van der Waals surface area contributed by atoms with Crippen LogP contribution in [0.25, 0.3) is 0 Å². The van der Waals surface area contributed by atoms with Crippen LogP contribution >= 0.6 is 0 Å². The molecule has 0 saturated heterocycles. The third kappa shape index (κ3) is 3.21. The van der Waals surface area contributed by atoms with E-state index >= 15 is 0 Å². The van der Waals surface area contributed by atoms with Crippen LogP contribution in [0.5, 0.6) is 0 Å². The fraction of sp³-hybridized carbons (Fsp3) is 1.00. The summed E-state index contributed by atoms with van der Waals surface area (Å²) in [5, 5.41) is 3.56. The van der Waals surface area contributed by atoms with Crippen LogP contribution in [0, 0.1) is 23.7 Å². The molecule has 90 valence electrons. The molecule has 1 aliphatic carbocycles. The Bertz CT molecular complexity index is 164. The number of hydrogen-bond donors (Lipinski definition) is 1. The maximum atomic E-state index is 3.56. The van der Waals surface area contributed by atoms with E-state index in [-0.39, 0.29) is 0 Å². The summed E-state index contributed by atoms with van der Waals surface area (Å²) in [7, 11) is 2.14. The summed E-state index contributed by atoms with van der Waals surface area (Å²) in [6.07, 6.45) is 5.78. The van der Waals surface area contributed by atoms with Crippen LogP contribution in [0.4, 0.5) is 0 Å². The van der Waals surface area contributed by atoms with Crippen LogP contribution in [-0.2, 0) is 0 Å². The Kier molecular flexibility index (Phi) is 5.11. The second-order valence-corrected chi connectivity index (χ2v) is 5.91. The summed E-state index contributed by atoms with van der Waals surface area (Å²) in [6, 6.07) is 0.720. The van der Waals surface area contributed by atoms with Crippen molar-refractivity contribution in [3.05, 3.63) is 0 Å². The van der Waals surface area contributed by atoms with Gasteiger partial charge in [0.2, 0.25) is 0 Å². The van der Waals surface area contributed by atoms with Crippen molar-refractivity contribution in [3.8, 4) is 0 Å². The Labute approximate surface area is 96.0 Å². The minimum Gasteiger partial charge on any atom is -0.316 e.